The summed E-state index contributed by atoms with van der Waals surface area (Å²) in [5, 5.41) is 12.5. The first-order valence-corrected chi connectivity index (χ1v) is 6.99. The number of hydrogen-bond donors (Lipinski definition) is 0. The molecule has 0 aromatic carbocycles. The molecule has 102 valence electrons. The number of hydrogen-bond acceptors (Lipinski definition) is 2. The van der Waals surface area contributed by atoms with Gasteiger partial charge in [0.2, 0.25) is 0 Å². The summed E-state index contributed by atoms with van der Waals surface area (Å²) in [5.74, 6) is 0. The van der Waals surface area contributed by atoms with Crippen LogP contribution in [0.15, 0.2) is 0 Å². The number of aromatic nitrogens is 1. The van der Waals surface area contributed by atoms with Gasteiger partial charge < -0.3 is 10.1 Å². The lowest BCUT2D eigenvalue weighted by atomic mass is 9.97. The summed E-state index contributed by atoms with van der Waals surface area (Å²) in [6.45, 7) is 8.39. The molecule has 3 heteroatoms. The summed E-state index contributed by atoms with van der Waals surface area (Å²) in [4.78, 5) is 2.16. The highest BCUT2D eigenvalue weighted by Crippen LogP contribution is 2.29. The van der Waals surface area contributed by atoms with E-state index in [4.69, 9.17) is 0 Å². The molecular weight excluding hydrogens is 224 g/mol. The average molecular weight is 250 g/mol. The van der Waals surface area contributed by atoms with Crippen LogP contribution in [-0.2, 0) is 25.7 Å². The highest BCUT2D eigenvalue weighted by atomic mass is 16.5. The zero-order valence-electron chi connectivity index (χ0n) is 12.6. The molecule has 0 aliphatic carbocycles. The van der Waals surface area contributed by atoms with Gasteiger partial charge in [-0.15, -0.1) is 0 Å². The van der Waals surface area contributed by atoms with E-state index in [1.54, 1.807) is 0 Å². The molecule has 0 saturated heterocycles. The Balaban J connectivity index is 3.74. The Labute approximate surface area is 111 Å². The van der Waals surface area contributed by atoms with Crippen molar-refractivity contribution in [3.63, 3.8) is 0 Å². The second-order valence-electron chi connectivity index (χ2n) is 4.80. The Bertz CT molecular complexity index is 392. The first kappa shape index (κ1) is 14.8. The molecule has 0 aliphatic heterocycles. The van der Waals surface area contributed by atoms with Crippen LogP contribution in [0.2, 0.25) is 0 Å². The second kappa shape index (κ2) is 6.07. The molecule has 0 unspecified atom stereocenters. The zero-order chi connectivity index (χ0) is 13.9. The predicted octanol–water partition coefficient (Wildman–Crippen LogP) is 2.64. The summed E-state index contributed by atoms with van der Waals surface area (Å²) in [6, 6.07) is 0. The van der Waals surface area contributed by atoms with Crippen LogP contribution in [0.4, 0.5) is 5.69 Å². The van der Waals surface area contributed by atoms with Gasteiger partial charge in [0.25, 0.3) is 0 Å². The normalized spacial score (nSPS) is 10.8. The van der Waals surface area contributed by atoms with E-state index in [1.165, 1.54) is 21.5 Å². The number of nitrogens with zero attached hydrogens (tertiary/aromatic N) is 2. The van der Waals surface area contributed by atoms with Crippen LogP contribution >= 0.6 is 0 Å². The van der Waals surface area contributed by atoms with E-state index in [0.717, 1.165) is 37.1 Å². The maximum Gasteiger partial charge on any atom is 0.198 e. The monoisotopic (exact) mass is 250 g/mol. The lowest BCUT2D eigenvalue weighted by molar-refractivity contribution is -0.622. The van der Waals surface area contributed by atoms with Gasteiger partial charge in [-0.25, -0.2) is 0 Å². The van der Waals surface area contributed by atoms with Crippen molar-refractivity contribution in [1.82, 2.24) is 0 Å². The standard InChI is InChI=1S/C15H26N2O/c1-7-11-13(9-3)17(18)14(10-4)12(8-2)15(11)16(5)6/h7-10H2,1-6H3. The van der Waals surface area contributed by atoms with Crippen LogP contribution in [0.3, 0.4) is 0 Å². The molecule has 1 aromatic rings. The van der Waals surface area contributed by atoms with Gasteiger partial charge in [0, 0.05) is 38.1 Å². The lowest BCUT2D eigenvalue weighted by Gasteiger charge is -2.24. The van der Waals surface area contributed by atoms with Gasteiger partial charge in [0.1, 0.15) is 0 Å². The van der Waals surface area contributed by atoms with Crippen LogP contribution in [0, 0.1) is 5.21 Å². The Morgan fingerprint density at radius 3 is 1.44 bits per heavy atom. The van der Waals surface area contributed by atoms with Gasteiger partial charge in [0.05, 0.1) is 5.69 Å². The third kappa shape index (κ3) is 2.31. The molecule has 0 aliphatic rings. The van der Waals surface area contributed by atoms with Gasteiger partial charge in [-0.05, 0) is 12.8 Å². The van der Waals surface area contributed by atoms with Crippen molar-refractivity contribution in [2.45, 2.75) is 53.4 Å². The Hall–Kier alpha value is -1.25. The number of pyridine rings is 1. The molecule has 1 heterocycles. The molecule has 1 aromatic heterocycles. The van der Waals surface area contributed by atoms with E-state index >= 15 is 0 Å². The van der Waals surface area contributed by atoms with Crippen molar-refractivity contribution in [2.24, 2.45) is 0 Å². The van der Waals surface area contributed by atoms with E-state index < -0.39 is 0 Å². The van der Waals surface area contributed by atoms with Gasteiger partial charge in [-0.1, -0.05) is 27.7 Å². The van der Waals surface area contributed by atoms with E-state index in [-0.39, 0.29) is 0 Å². The molecule has 0 fully saturated rings. The van der Waals surface area contributed by atoms with E-state index in [2.05, 4.69) is 46.7 Å². The van der Waals surface area contributed by atoms with Crippen molar-refractivity contribution in [1.29, 1.82) is 0 Å². The fraction of sp³-hybridized carbons (Fsp3) is 0.667. The highest BCUT2D eigenvalue weighted by Gasteiger charge is 2.25. The minimum Gasteiger partial charge on any atom is -0.618 e. The zero-order valence-corrected chi connectivity index (χ0v) is 12.6. The fourth-order valence-corrected chi connectivity index (χ4v) is 2.86. The first-order chi connectivity index (χ1) is 8.53. The number of anilines is 1. The van der Waals surface area contributed by atoms with E-state index in [9.17, 15) is 5.21 Å². The van der Waals surface area contributed by atoms with Crippen molar-refractivity contribution in [2.75, 3.05) is 19.0 Å². The second-order valence-corrected chi connectivity index (χ2v) is 4.80. The maximum absolute atomic E-state index is 12.5. The molecule has 0 radical (unpaired) electrons. The van der Waals surface area contributed by atoms with E-state index in [1.807, 2.05) is 0 Å². The molecule has 18 heavy (non-hydrogen) atoms. The van der Waals surface area contributed by atoms with Crippen LogP contribution < -0.4 is 9.63 Å². The number of rotatable bonds is 5. The van der Waals surface area contributed by atoms with Crippen molar-refractivity contribution >= 4 is 5.69 Å². The summed E-state index contributed by atoms with van der Waals surface area (Å²) in [5.41, 5.74) is 5.57. The Morgan fingerprint density at radius 2 is 1.22 bits per heavy atom. The molecule has 0 amide bonds. The van der Waals surface area contributed by atoms with Gasteiger partial charge in [-0.2, -0.15) is 4.73 Å². The molecule has 0 spiro atoms. The SMILES string of the molecule is CCc1c(N(C)C)c(CC)c(CC)[n+]([O-])c1CC. The molecule has 0 atom stereocenters. The van der Waals surface area contributed by atoms with Crippen LogP contribution in [0.25, 0.3) is 0 Å². The average Bonchev–Trinajstić information content (AvgIpc) is 2.36. The quantitative estimate of drug-likeness (QED) is 0.594. The topological polar surface area (TPSA) is 30.2 Å². The highest BCUT2D eigenvalue weighted by molar-refractivity contribution is 5.60. The third-order valence-corrected chi connectivity index (χ3v) is 3.58. The Morgan fingerprint density at radius 1 is 0.833 bits per heavy atom. The maximum atomic E-state index is 12.5. The first-order valence-electron chi connectivity index (χ1n) is 6.99. The van der Waals surface area contributed by atoms with Crippen molar-refractivity contribution in [3.8, 4) is 0 Å². The fourth-order valence-electron chi connectivity index (χ4n) is 2.86. The summed E-state index contributed by atoms with van der Waals surface area (Å²) in [6.07, 6.45) is 3.42. The molecule has 0 saturated carbocycles. The van der Waals surface area contributed by atoms with Crippen molar-refractivity contribution < 1.29 is 4.73 Å². The van der Waals surface area contributed by atoms with Crippen molar-refractivity contribution in [3.05, 3.63) is 27.7 Å². The van der Waals surface area contributed by atoms with Gasteiger partial charge >= 0.3 is 0 Å². The Kier molecular flexibility index (Phi) is 5.00. The third-order valence-electron chi connectivity index (χ3n) is 3.58. The molecule has 3 nitrogen and oxygen atoms in total. The summed E-state index contributed by atoms with van der Waals surface area (Å²) >= 11 is 0. The van der Waals surface area contributed by atoms with Crippen LogP contribution in [-0.4, -0.2) is 14.1 Å². The molecule has 1 rings (SSSR count). The summed E-state index contributed by atoms with van der Waals surface area (Å²) < 4.78 is 1.19. The lowest BCUT2D eigenvalue weighted by Crippen LogP contribution is -2.40. The van der Waals surface area contributed by atoms with Gasteiger partial charge in [0.15, 0.2) is 11.4 Å². The van der Waals surface area contributed by atoms with Crippen LogP contribution in [0.5, 0.6) is 0 Å². The smallest absolute Gasteiger partial charge is 0.198 e. The molecule has 0 bridgehead atoms. The molecule has 0 N–H and O–H groups in total. The van der Waals surface area contributed by atoms with Gasteiger partial charge in [-0.3, -0.25) is 0 Å². The molecular formula is C15H26N2O. The van der Waals surface area contributed by atoms with E-state index in [0.29, 0.717) is 0 Å². The van der Waals surface area contributed by atoms with Crippen LogP contribution in [0.1, 0.15) is 50.2 Å². The minimum atomic E-state index is 0.796. The summed E-state index contributed by atoms with van der Waals surface area (Å²) in [7, 11) is 4.14. The predicted molar refractivity (Wildman–Crippen MR) is 77.2 cm³/mol. The largest absolute Gasteiger partial charge is 0.618 e. The minimum absolute atomic E-state index is 0.796.